The van der Waals surface area contributed by atoms with E-state index in [0.717, 1.165) is 28.1 Å². The molecule has 3 aromatic rings. The first kappa shape index (κ1) is 18.4. The van der Waals surface area contributed by atoms with Crippen LogP contribution in [0.25, 0.3) is 10.2 Å². The zero-order chi connectivity index (χ0) is 18.4. The molecule has 26 heavy (non-hydrogen) atoms. The van der Waals surface area contributed by atoms with Gasteiger partial charge in [-0.05, 0) is 49.7 Å². The lowest BCUT2D eigenvalue weighted by molar-refractivity contribution is -0.122. The quantitative estimate of drug-likeness (QED) is 0.535. The topological polar surface area (TPSA) is 51.7 Å². The van der Waals surface area contributed by atoms with Gasteiger partial charge in [0.2, 0.25) is 0 Å². The number of benzene rings is 2. The molecule has 0 aliphatic carbocycles. The van der Waals surface area contributed by atoms with Crippen molar-refractivity contribution in [3.05, 3.63) is 48.5 Å². The Balaban J connectivity index is 1.93. The highest BCUT2D eigenvalue weighted by molar-refractivity contribution is 7.22. The summed E-state index contributed by atoms with van der Waals surface area (Å²) in [5.41, 5.74) is 1.63. The van der Waals surface area contributed by atoms with Crippen molar-refractivity contribution >= 4 is 38.3 Å². The smallest absolute Gasteiger partial charge is 0.259 e. The molecular weight excluding hydrogens is 348 g/mol. The molecular formula is C20H22N2O3S. The van der Waals surface area contributed by atoms with Crippen molar-refractivity contribution in [3.63, 3.8) is 0 Å². The Morgan fingerprint density at radius 2 is 1.88 bits per heavy atom. The van der Waals surface area contributed by atoms with Crippen molar-refractivity contribution in [2.24, 2.45) is 0 Å². The number of ether oxygens (including phenoxy) is 2. The van der Waals surface area contributed by atoms with E-state index in [0.29, 0.717) is 18.3 Å². The molecule has 1 heterocycles. The van der Waals surface area contributed by atoms with E-state index < -0.39 is 0 Å². The van der Waals surface area contributed by atoms with Gasteiger partial charge in [-0.15, -0.1) is 0 Å². The van der Waals surface area contributed by atoms with Gasteiger partial charge in [0.1, 0.15) is 12.4 Å². The maximum absolute atomic E-state index is 12.8. The second kappa shape index (κ2) is 8.78. The van der Waals surface area contributed by atoms with Crippen LogP contribution in [0.4, 0.5) is 10.8 Å². The molecule has 0 aliphatic rings. The summed E-state index contributed by atoms with van der Waals surface area (Å²) in [6.07, 6.45) is 0.872. The Labute approximate surface area is 157 Å². The van der Waals surface area contributed by atoms with Crippen LogP contribution in [0.1, 0.15) is 20.3 Å². The lowest BCUT2D eigenvalue weighted by Gasteiger charge is -2.20. The molecule has 0 saturated heterocycles. The molecule has 6 heteroatoms. The van der Waals surface area contributed by atoms with E-state index in [1.807, 2.05) is 62.4 Å². The number of para-hydroxylation sites is 1. The summed E-state index contributed by atoms with van der Waals surface area (Å²) in [5, 5.41) is 0.639. The minimum Gasteiger partial charge on any atom is -0.494 e. The van der Waals surface area contributed by atoms with E-state index in [9.17, 15) is 4.79 Å². The average Bonchev–Trinajstić information content (AvgIpc) is 3.07. The van der Waals surface area contributed by atoms with Crippen molar-refractivity contribution in [1.82, 2.24) is 4.98 Å². The highest BCUT2D eigenvalue weighted by Gasteiger charge is 2.22. The Morgan fingerprint density at radius 1 is 1.12 bits per heavy atom. The van der Waals surface area contributed by atoms with Gasteiger partial charge in [0.15, 0.2) is 5.13 Å². The minimum atomic E-state index is -0.137. The lowest BCUT2D eigenvalue weighted by Crippen LogP contribution is -2.29. The van der Waals surface area contributed by atoms with E-state index in [1.165, 1.54) is 11.3 Å². The molecule has 0 atom stereocenters. The number of rotatable bonds is 8. The molecule has 0 unspecified atom stereocenters. The van der Waals surface area contributed by atoms with Crippen LogP contribution in [0.2, 0.25) is 0 Å². The largest absolute Gasteiger partial charge is 0.494 e. The number of amides is 1. The second-order valence-electron chi connectivity index (χ2n) is 5.67. The molecule has 0 bridgehead atoms. The molecule has 5 nitrogen and oxygen atoms in total. The number of carbonyl (C=O) groups excluding carboxylic acids is 1. The Morgan fingerprint density at radius 3 is 2.58 bits per heavy atom. The van der Waals surface area contributed by atoms with Gasteiger partial charge >= 0.3 is 0 Å². The molecule has 0 saturated carbocycles. The third-order valence-corrected chi connectivity index (χ3v) is 4.72. The maximum Gasteiger partial charge on any atom is 0.259 e. The Kier molecular flexibility index (Phi) is 6.20. The number of aromatic nitrogens is 1. The van der Waals surface area contributed by atoms with Gasteiger partial charge in [0.25, 0.3) is 5.91 Å². The van der Waals surface area contributed by atoms with Crippen molar-refractivity contribution in [2.75, 3.05) is 24.7 Å². The lowest BCUT2D eigenvalue weighted by atomic mass is 10.2. The third-order valence-electron chi connectivity index (χ3n) is 3.70. The number of hydrogen-bond donors (Lipinski definition) is 0. The molecule has 0 N–H and O–H groups in total. The molecule has 0 aliphatic heterocycles. The minimum absolute atomic E-state index is 0.0248. The normalized spacial score (nSPS) is 10.8. The van der Waals surface area contributed by atoms with Gasteiger partial charge in [-0.1, -0.05) is 30.4 Å². The van der Waals surface area contributed by atoms with Crippen LogP contribution in [0.15, 0.2) is 48.5 Å². The van der Waals surface area contributed by atoms with Gasteiger partial charge in [-0.25, -0.2) is 4.98 Å². The summed E-state index contributed by atoms with van der Waals surface area (Å²) in [6, 6.07) is 15.3. The van der Waals surface area contributed by atoms with Crippen molar-refractivity contribution in [1.29, 1.82) is 0 Å². The van der Waals surface area contributed by atoms with Gasteiger partial charge in [-0.2, -0.15) is 0 Å². The molecule has 0 radical (unpaired) electrons. The summed E-state index contributed by atoms with van der Waals surface area (Å²) in [6.45, 7) is 5.14. The molecule has 1 amide bonds. The number of fused-ring (bicyclic) bond motifs is 1. The molecule has 1 aromatic heterocycles. The Bertz CT molecular complexity index is 828. The second-order valence-corrected chi connectivity index (χ2v) is 6.68. The van der Waals surface area contributed by atoms with Gasteiger partial charge < -0.3 is 9.47 Å². The average molecular weight is 370 g/mol. The number of nitrogens with zero attached hydrogens (tertiary/aromatic N) is 2. The van der Waals surface area contributed by atoms with Gasteiger partial charge in [-0.3, -0.25) is 9.69 Å². The van der Waals surface area contributed by atoms with Crippen LogP contribution in [0.3, 0.4) is 0 Å². The number of carbonyl (C=O) groups is 1. The van der Waals surface area contributed by atoms with Crippen LogP contribution in [-0.4, -0.2) is 30.7 Å². The molecule has 2 aromatic carbocycles. The fraction of sp³-hybridized carbons (Fsp3) is 0.300. The SMILES string of the molecule is CCCOCC(=O)N(c1ccc(OCC)cc1)c1nc2ccccc2s1. The number of thiazole rings is 1. The number of anilines is 2. The van der Waals surface area contributed by atoms with E-state index in [4.69, 9.17) is 9.47 Å². The van der Waals surface area contributed by atoms with Crippen LogP contribution >= 0.6 is 11.3 Å². The predicted molar refractivity (Wildman–Crippen MR) is 105 cm³/mol. The first-order valence-corrected chi connectivity index (χ1v) is 9.53. The molecule has 136 valence electrons. The zero-order valence-electron chi connectivity index (χ0n) is 15.0. The monoisotopic (exact) mass is 370 g/mol. The van der Waals surface area contributed by atoms with E-state index in [-0.39, 0.29) is 12.5 Å². The van der Waals surface area contributed by atoms with E-state index >= 15 is 0 Å². The summed E-state index contributed by atoms with van der Waals surface area (Å²) in [5.74, 6) is 0.636. The summed E-state index contributed by atoms with van der Waals surface area (Å²) < 4.78 is 12.0. The van der Waals surface area contributed by atoms with Crippen LogP contribution in [-0.2, 0) is 9.53 Å². The Hall–Kier alpha value is -2.44. The standard InChI is InChI=1S/C20H22N2O3S/c1-3-13-24-14-19(23)22(15-9-11-16(12-10-15)25-4-2)20-21-17-7-5-6-8-18(17)26-20/h5-12H,3-4,13-14H2,1-2H3. The third kappa shape index (κ3) is 4.20. The van der Waals surface area contributed by atoms with E-state index in [1.54, 1.807) is 4.90 Å². The van der Waals surface area contributed by atoms with Crippen molar-refractivity contribution < 1.29 is 14.3 Å². The summed E-state index contributed by atoms with van der Waals surface area (Å²) >= 11 is 1.49. The fourth-order valence-corrected chi connectivity index (χ4v) is 3.55. The zero-order valence-corrected chi connectivity index (χ0v) is 15.8. The van der Waals surface area contributed by atoms with Crippen LogP contribution in [0.5, 0.6) is 5.75 Å². The summed E-state index contributed by atoms with van der Waals surface area (Å²) in [4.78, 5) is 19.1. The van der Waals surface area contributed by atoms with Gasteiger partial charge in [0, 0.05) is 6.61 Å². The van der Waals surface area contributed by atoms with Crippen molar-refractivity contribution in [2.45, 2.75) is 20.3 Å². The molecule has 3 rings (SSSR count). The number of hydrogen-bond acceptors (Lipinski definition) is 5. The molecule has 0 spiro atoms. The molecule has 0 fully saturated rings. The maximum atomic E-state index is 12.8. The predicted octanol–water partition coefficient (Wildman–Crippen LogP) is 4.79. The van der Waals surface area contributed by atoms with Crippen molar-refractivity contribution in [3.8, 4) is 5.75 Å². The summed E-state index contributed by atoms with van der Waals surface area (Å²) in [7, 11) is 0. The first-order valence-electron chi connectivity index (χ1n) is 8.72. The van der Waals surface area contributed by atoms with Gasteiger partial charge in [0.05, 0.1) is 22.5 Å². The van der Waals surface area contributed by atoms with E-state index in [2.05, 4.69) is 4.98 Å². The highest BCUT2D eigenvalue weighted by atomic mass is 32.1. The highest BCUT2D eigenvalue weighted by Crippen LogP contribution is 2.34. The van der Waals surface area contributed by atoms with Crippen LogP contribution in [0, 0.1) is 0 Å². The fourth-order valence-electron chi connectivity index (χ4n) is 2.54. The van der Waals surface area contributed by atoms with Crippen LogP contribution < -0.4 is 9.64 Å². The first-order chi connectivity index (χ1) is 12.7.